The third-order valence-electron chi connectivity index (χ3n) is 6.05. The van der Waals surface area contributed by atoms with Crippen molar-refractivity contribution in [2.24, 2.45) is 0 Å². The molecule has 0 atom stereocenters. The number of likely N-dealkylation sites (tertiary alicyclic amines) is 2. The first-order valence-corrected chi connectivity index (χ1v) is 10.4. The van der Waals surface area contributed by atoms with Crippen molar-refractivity contribution in [3.05, 3.63) is 23.8 Å². The number of rotatable bonds is 6. The first kappa shape index (κ1) is 20.0. The van der Waals surface area contributed by atoms with Gasteiger partial charge in [0, 0.05) is 25.6 Å². The molecule has 150 valence electrons. The van der Waals surface area contributed by atoms with Crippen molar-refractivity contribution in [2.45, 2.75) is 57.4 Å². The zero-order valence-electron chi connectivity index (χ0n) is 16.9. The molecular formula is C22H34N2O3. The fourth-order valence-electron chi connectivity index (χ4n) is 4.39. The summed E-state index contributed by atoms with van der Waals surface area (Å²) in [5.74, 6) is 1.72. The third kappa shape index (κ3) is 5.38. The van der Waals surface area contributed by atoms with E-state index in [1.807, 2.05) is 18.2 Å². The lowest BCUT2D eigenvalue weighted by molar-refractivity contribution is -0.132. The molecule has 2 heterocycles. The molecule has 1 aromatic rings. The molecule has 2 fully saturated rings. The highest BCUT2D eigenvalue weighted by molar-refractivity contribution is 5.76. The minimum atomic E-state index is 0.277. The summed E-state index contributed by atoms with van der Waals surface area (Å²) in [6, 6.07) is 6.57. The van der Waals surface area contributed by atoms with Gasteiger partial charge in [-0.25, -0.2) is 0 Å². The smallest absolute Gasteiger partial charge is 0.222 e. The highest BCUT2D eigenvalue weighted by atomic mass is 16.5. The first-order valence-electron chi connectivity index (χ1n) is 10.4. The van der Waals surface area contributed by atoms with E-state index in [0.29, 0.717) is 12.5 Å². The molecule has 27 heavy (non-hydrogen) atoms. The van der Waals surface area contributed by atoms with Crippen LogP contribution in [0.15, 0.2) is 18.2 Å². The standard InChI is InChI=1S/C22H34N2O3/c1-26-20-9-7-18(17-21(20)27-2)8-10-22(25)24-15-11-19(12-16-24)23-13-5-3-4-6-14-23/h7,9,17,19H,3-6,8,10-16H2,1-2H3. The van der Waals surface area contributed by atoms with Gasteiger partial charge >= 0.3 is 0 Å². The van der Waals surface area contributed by atoms with Gasteiger partial charge < -0.3 is 19.3 Å². The highest BCUT2D eigenvalue weighted by Crippen LogP contribution is 2.28. The van der Waals surface area contributed by atoms with Crippen molar-refractivity contribution < 1.29 is 14.3 Å². The Hall–Kier alpha value is -1.75. The number of methoxy groups -OCH3 is 2. The number of piperidine rings is 1. The molecule has 0 N–H and O–H groups in total. The van der Waals surface area contributed by atoms with E-state index in [4.69, 9.17) is 9.47 Å². The summed E-state index contributed by atoms with van der Waals surface area (Å²) in [7, 11) is 3.28. The Balaban J connectivity index is 1.45. The van der Waals surface area contributed by atoms with Crippen molar-refractivity contribution in [3.63, 3.8) is 0 Å². The topological polar surface area (TPSA) is 42.0 Å². The average molecular weight is 375 g/mol. The molecule has 5 nitrogen and oxygen atoms in total. The maximum atomic E-state index is 12.6. The van der Waals surface area contributed by atoms with E-state index in [2.05, 4.69) is 9.80 Å². The van der Waals surface area contributed by atoms with Crippen molar-refractivity contribution in [2.75, 3.05) is 40.4 Å². The van der Waals surface area contributed by atoms with Crippen LogP contribution in [-0.2, 0) is 11.2 Å². The van der Waals surface area contributed by atoms with Crippen molar-refractivity contribution in [3.8, 4) is 11.5 Å². The first-order chi connectivity index (χ1) is 13.2. The van der Waals surface area contributed by atoms with Crippen LogP contribution in [0.2, 0.25) is 0 Å². The molecule has 0 saturated carbocycles. The Labute approximate surface area is 163 Å². The van der Waals surface area contributed by atoms with E-state index >= 15 is 0 Å². The van der Waals surface area contributed by atoms with E-state index in [1.165, 1.54) is 38.8 Å². The monoisotopic (exact) mass is 374 g/mol. The summed E-state index contributed by atoms with van der Waals surface area (Å²) in [5, 5.41) is 0. The number of hydrogen-bond acceptors (Lipinski definition) is 4. The molecule has 1 aromatic carbocycles. The molecule has 0 bridgehead atoms. The molecule has 3 rings (SSSR count). The second-order valence-electron chi connectivity index (χ2n) is 7.75. The predicted octanol–water partition coefficient (Wildman–Crippen LogP) is 3.50. The molecule has 0 radical (unpaired) electrons. The molecule has 0 spiro atoms. The van der Waals surface area contributed by atoms with Crippen LogP contribution >= 0.6 is 0 Å². The molecule has 0 aliphatic carbocycles. The van der Waals surface area contributed by atoms with Gasteiger partial charge in [0.2, 0.25) is 5.91 Å². The lowest BCUT2D eigenvalue weighted by Gasteiger charge is -2.38. The SMILES string of the molecule is COc1ccc(CCC(=O)N2CCC(N3CCCCCC3)CC2)cc1OC. The quantitative estimate of drug-likeness (QED) is 0.764. The largest absolute Gasteiger partial charge is 0.493 e. The van der Waals surface area contributed by atoms with E-state index in [0.717, 1.165) is 49.4 Å². The summed E-state index contributed by atoms with van der Waals surface area (Å²) in [6.45, 7) is 4.31. The van der Waals surface area contributed by atoms with E-state index in [1.54, 1.807) is 14.2 Å². The zero-order valence-corrected chi connectivity index (χ0v) is 16.9. The molecule has 0 unspecified atom stereocenters. The van der Waals surface area contributed by atoms with Crippen molar-refractivity contribution in [1.82, 2.24) is 9.80 Å². The second kappa shape index (κ2) is 9.98. The van der Waals surface area contributed by atoms with Gasteiger partial charge in [-0.1, -0.05) is 18.9 Å². The lowest BCUT2D eigenvalue weighted by Crippen LogP contribution is -2.47. The van der Waals surface area contributed by atoms with Crippen LogP contribution < -0.4 is 9.47 Å². The van der Waals surface area contributed by atoms with Crippen LogP contribution in [-0.4, -0.2) is 62.1 Å². The fraction of sp³-hybridized carbons (Fsp3) is 0.682. The zero-order chi connectivity index (χ0) is 19.1. The number of hydrogen-bond donors (Lipinski definition) is 0. The highest BCUT2D eigenvalue weighted by Gasteiger charge is 2.27. The normalized spacial score (nSPS) is 19.6. The van der Waals surface area contributed by atoms with Gasteiger partial charge in [-0.15, -0.1) is 0 Å². The summed E-state index contributed by atoms with van der Waals surface area (Å²) in [5.41, 5.74) is 1.11. The molecule has 2 aliphatic rings. The minimum absolute atomic E-state index is 0.277. The maximum absolute atomic E-state index is 12.6. The Kier molecular flexibility index (Phi) is 7.39. The molecule has 2 aliphatic heterocycles. The number of carbonyl (C=O) groups is 1. The van der Waals surface area contributed by atoms with Gasteiger partial charge in [-0.05, 0) is 62.9 Å². The van der Waals surface area contributed by atoms with Crippen LogP contribution in [0.1, 0.15) is 50.5 Å². The van der Waals surface area contributed by atoms with Crippen LogP contribution in [0.5, 0.6) is 11.5 Å². The number of benzene rings is 1. The Morgan fingerprint density at radius 3 is 2.26 bits per heavy atom. The van der Waals surface area contributed by atoms with Crippen molar-refractivity contribution >= 4 is 5.91 Å². The van der Waals surface area contributed by atoms with Gasteiger partial charge in [-0.2, -0.15) is 0 Å². The van der Waals surface area contributed by atoms with Crippen LogP contribution in [0.25, 0.3) is 0 Å². The van der Waals surface area contributed by atoms with Gasteiger partial charge in [0.25, 0.3) is 0 Å². The molecule has 1 amide bonds. The van der Waals surface area contributed by atoms with E-state index < -0.39 is 0 Å². The second-order valence-corrected chi connectivity index (χ2v) is 7.75. The predicted molar refractivity (Wildman–Crippen MR) is 108 cm³/mol. The average Bonchev–Trinajstić information content (AvgIpc) is 3.01. The molecule has 0 aromatic heterocycles. The van der Waals surface area contributed by atoms with E-state index in [9.17, 15) is 4.79 Å². The Morgan fingerprint density at radius 2 is 1.63 bits per heavy atom. The number of amides is 1. The Morgan fingerprint density at radius 1 is 0.963 bits per heavy atom. The summed E-state index contributed by atoms with van der Waals surface area (Å²) < 4.78 is 10.6. The number of aryl methyl sites for hydroxylation is 1. The van der Waals surface area contributed by atoms with E-state index in [-0.39, 0.29) is 5.91 Å². The summed E-state index contributed by atoms with van der Waals surface area (Å²) >= 11 is 0. The van der Waals surface area contributed by atoms with Crippen molar-refractivity contribution in [1.29, 1.82) is 0 Å². The van der Waals surface area contributed by atoms with Crippen LogP contribution in [0.3, 0.4) is 0 Å². The fourth-order valence-corrected chi connectivity index (χ4v) is 4.39. The van der Waals surface area contributed by atoms with Crippen LogP contribution in [0, 0.1) is 0 Å². The van der Waals surface area contributed by atoms with Gasteiger partial charge in [0.15, 0.2) is 11.5 Å². The third-order valence-corrected chi connectivity index (χ3v) is 6.05. The molecule has 5 heteroatoms. The van der Waals surface area contributed by atoms with Gasteiger partial charge in [0.05, 0.1) is 14.2 Å². The molecule has 2 saturated heterocycles. The summed E-state index contributed by atoms with van der Waals surface area (Å²) in [4.78, 5) is 17.4. The minimum Gasteiger partial charge on any atom is -0.493 e. The number of carbonyl (C=O) groups excluding carboxylic acids is 1. The Bertz CT molecular complexity index is 604. The van der Waals surface area contributed by atoms with Crippen LogP contribution in [0.4, 0.5) is 0 Å². The number of ether oxygens (including phenoxy) is 2. The lowest BCUT2D eigenvalue weighted by atomic mass is 10.0. The molecular weight excluding hydrogens is 340 g/mol. The number of nitrogens with zero attached hydrogens (tertiary/aromatic N) is 2. The maximum Gasteiger partial charge on any atom is 0.222 e. The van der Waals surface area contributed by atoms with Gasteiger partial charge in [0.1, 0.15) is 0 Å². The van der Waals surface area contributed by atoms with Gasteiger partial charge in [-0.3, -0.25) is 4.79 Å². The summed E-state index contributed by atoms with van der Waals surface area (Å²) in [6.07, 6.45) is 8.99.